The summed E-state index contributed by atoms with van der Waals surface area (Å²) in [5.74, 6) is 0. The van der Waals surface area contributed by atoms with Gasteiger partial charge in [-0.2, -0.15) is 6.42 Å². The van der Waals surface area contributed by atoms with Crippen molar-refractivity contribution in [1.29, 1.82) is 0 Å². The summed E-state index contributed by atoms with van der Waals surface area (Å²) in [4.78, 5) is 0. The zero-order chi connectivity index (χ0) is 15.7. The summed E-state index contributed by atoms with van der Waals surface area (Å²) in [6, 6.07) is 25.8. The van der Waals surface area contributed by atoms with Crippen LogP contribution < -0.4 is 29.2 Å². The molecule has 0 bridgehead atoms. The number of rotatable bonds is 9. The molecule has 2 aromatic rings. The molecular weight excluding hydrogens is 287 g/mol. The minimum Gasteiger partial charge on any atom is -0.318 e. The number of unbranched alkanes of at least 4 members (excludes halogenated alkanes) is 3. The van der Waals surface area contributed by atoms with E-state index < -0.39 is 8.07 Å². The molecule has 0 N–H and O–H groups in total. The van der Waals surface area contributed by atoms with Gasteiger partial charge in [0.25, 0.3) is 0 Å². The van der Waals surface area contributed by atoms with Crippen LogP contribution >= 0.6 is 0 Å². The molecule has 0 radical (unpaired) electrons. The van der Waals surface area contributed by atoms with Crippen molar-refractivity contribution < 1.29 is 18.9 Å². The third-order valence-electron chi connectivity index (χ3n) is 4.34. The maximum absolute atomic E-state index is 4.06. The third-order valence-corrected chi connectivity index (χ3v) is 8.99. The smallest absolute Gasteiger partial charge is 0.318 e. The van der Waals surface area contributed by atoms with Crippen molar-refractivity contribution in [2.45, 2.75) is 38.7 Å². The quantitative estimate of drug-likeness (QED) is 0.286. The van der Waals surface area contributed by atoms with Gasteiger partial charge in [-0.1, -0.05) is 109 Å². The molecule has 2 aromatic carbocycles. The van der Waals surface area contributed by atoms with Crippen molar-refractivity contribution in [3.8, 4) is 0 Å². The Morgan fingerprint density at radius 1 is 0.913 bits per heavy atom. The second-order valence-corrected chi connectivity index (χ2v) is 9.81. The Kier molecular flexibility index (Phi) is 9.33. The fourth-order valence-electron chi connectivity index (χ4n) is 3.16. The van der Waals surface area contributed by atoms with Gasteiger partial charge in [-0.3, -0.25) is 0 Å². The molecule has 116 valence electrons. The molecule has 0 saturated carbocycles. The van der Waals surface area contributed by atoms with E-state index >= 15 is 0 Å². The first-order chi connectivity index (χ1) is 10.8. The molecule has 0 amide bonds. The first-order valence-corrected chi connectivity index (χ1v) is 10.7. The Balaban J connectivity index is 0.00000264. The van der Waals surface area contributed by atoms with E-state index in [4.69, 9.17) is 0 Å². The molecule has 0 spiro atoms. The molecule has 0 heterocycles. The molecule has 0 aromatic heterocycles. The van der Waals surface area contributed by atoms with Gasteiger partial charge in [-0.05, 0) is 8.07 Å². The third kappa shape index (κ3) is 5.25. The minimum atomic E-state index is -1.84. The van der Waals surface area contributed by atoms with Gasteiger partial charge in [0.05, 0.1) is 0 Å². The Hall–Kier alpha value is -1.01. The number of hydrogen-bond acceptors (Lipinski definition) is 0. The van der Waals surface area contributed by atoms with Crippen LogP contribution in [0, 0.1) is 6.04 Å². The van der Waals surface area contributed by atoms with Crippen LogP contribution in [0.5, 0.6) is 0 Å². The van der Waals surface area contributed by atoms with E-state index in [9.17, 15) is 0 Å². The predicted octanol–water partition coefficient (Wildman–Crippen LogP) is 1.76. The van der Waals surface area contributed by atoms with Crippen molar-refractivity contribution in [3.63, 3.8) is 0 Å². The Labute approximate surface area is 155 Å². The molecule has 0 aliphatic rings. The Morgan fingerprint density at radius 3 is 1.87 bits per heavy atom. The van der Waals surface area contributed by atoms with E-state index in [0.29, 0.717) is 0 Å². The van der Waals surface area contributed by atoms with Crippen LogP contribution in [0.15, 0.2) is 73.3 Å². The monoisotopic (exact) mass is 314 g/mol. The number of benzene rings is 2. The zero-order valence-electron chi connectivity index (χ0n) is 14.7. The predicted molar refractivity (Wildman–Crippen MR) is 101 cm³/mol. The van der Waals surface area contributed by atoms with Gasteiger partial charge >= 0.3 is 18.9 Å². The summed E-state index contributed by atoms with van der Waals surface area (Å²) in [6.45, 7) is 6.32. The minimum absolute atomic E-state index is 0. The Bertz CT molecular complexity index is 511. The second-order valence-electron chi connectivity index (χ2n) is 5.90. The van der Waals surface area contributed by atoms with Crippen molar-refractivity contribution in [3.05, 3.63) is 79.4 Å². The molecule has 0 atom stereocenters. The van der Waals surface area contributed by atoms with Crippen molar-refractivity contribution >= 4 is 18.4 Å². The largest absolute Gasteiger partial charge is 1.00 e. The molecule has 23 heavy (non-hydrogen) atoms. The van der Waals surface area contributed by atoms with E-state index in [1.54, 1.807) is 0 Å². The van der Waals surface area contributed by atoms with E-state index in [1.165, 1.54) is 36.1 Å². The Morgan fingerprint density at radius 2 is 1.43 bits per heavy atom. The van der Waals surface area contributed by atoms with Gasteiger partial charge in [-0.15, -0.1) is 6.58 Å². The van der Waals surface area contributed by atoms with E-state index in [0.717, 1.165) is 6.04 Å². The second kappa shape index (κ2) is 10.7. The van der Waals surface area contributed by atoms with Crippen LogP contribution in [0.3, 0.4) is 0 Å². The molecule has 2 rings (SSSR count). The fraction of sp³-hybridized carbons (Fsp3) is 0.286. The molecule has 0 fully saturated rings. The standard InChI is InChI=1S/C21H27Si.Li/c1-3-5-6-13-19-22(18-4-2,20-14-9-7-10-15-20)21-16-11-8-12-17-21;/h4,7-12,14-17,19H,2-3,5-6,13,18H2,1H3;/q-1;+1. The average molecular weight is 314 g/mol. The van der Waals surface area contributed by atoms with Gasteiger partial charge in [0, 0.05) is 0 Å². The molecule has 0 unspecified atom stereocenters. The summed E-state index contributed by atoms with van der Waals surface area (Å²) in [5, 5.41) is 3.00. The first-order valence-electron chi connectivity index (χ1n) is 8.40. The topological polar surface area (TPSA) is 0 Å². The van der Waals surface area contributed by atoms with Crippen LogP contribution in [0.25, 0.3) is 0 Å². The number of hydrogen-bond donors (Lipinski definition) is 0. The maximum Gasteiger partial charge on any atom is 1.00 e. The molecule has 0 aliphatic carbocycles. The summed E-state index contributed by atoms with van der Waals surface area (Å²) in [6.07, 6.45) is 7.21. The molecule has 0 nitrogen and oxygen atoms in total. The van der Waals surface area contributed by atoms with Crippen LogP contribution in [0.4, 0.5) is 0 Å². The van der Waals surface area contributed by atoms with Gasteiger partial charge in [-0.25, -0.2) is 0 Å². The van der Waals surface area contributed by atoms with Crippen LogP contribution in [-0.2, 0) is 0 Å². The SMILES string of the molecule is C=CC[Si]([CH-]CCCCC)(c1ccccc1)c1ccccc1.[Li+]. The summed E-state index contributed by atoms with van der Waals surface area (Å²) >= 11 is 0. The van der Waals surface area contributed by atoms with Crippen LogP contribution in [-0.4, -0.2) is 8.07 Å². The summed E-state index contributed by atoms with van der Waals surface area (Å²) in [5.41, 5.74) is 0. The van der Waals surface area contributed by atoms with Crippen molar-refractivity contribution in [2.75, 3.05) is 0 Å². The van der Waals surface area contributed by atoms with Gasteiger partial charge in [0.1, 0.15) is 0 Å². The van der Waals surface area contributed by atoms with Gasteiger partial charge in [0.2, 0.25) is 0 Å². The maximum atomic E-state index is 4.06. The zero-order valence-corrected chi connectivity index (χ0v) is 15.7. The summed E-state index contributed by atoms with van der Waals surface area (Å²) < 4.78 is 0. The van der Waals surface area contributed by atoms with Crippen LogP contribution in [0.1, 0.15) is 32.6 Å². The number of allylic oxidation sites excluding steroid dienone is 1. The van der Waals surface area contributed by atoms with Crippen molar-refractivity contribution in [1.82, 2.24) is 0 Å². The normalized spacial score (nSPS) is 10.8. The van der Waals surface area contributed by atoms with Crippen molar-refractivity contribution in [2.24, 2.45) is 0 Å². The van der Waals surface area contributed by atoms with E-state index in [2.05, 4.69) is 86.3 Å². The fourth-order valence-corrected chi connectivity index (χ4v) is 7.33. The molecule has 2 heteroatoms. The molecule has 0 saturated heterocycles. The summed E-state index contributed by atoms with van der Waals surface area (Å²) in [7, 11) is -1.84. The first kappa shape index (κ1) is 20.0. The van der Waals surface area contributed by atoms with E-state index in [1.807, 2.05) is 0 Å². The molecule has 0 aliphatic heterocycles. The van der Waals surface area contributed by atoms with Crippen LogP contribution in [0.2, 0.25) is 6.04 Å². The van der Waals surface area contributed by atoms with Gasteiger partial charge < -0.3 is 6.04 Å². The van der Waals surface area contributed by atoms with E-state index in [-0.39, 0.29) is 18.9 Å². The average Bonchev–Trinajstić information content (AvgIpc) is 2.59. The van der Waals surface area contributed by atoms with Gasteiger partial charge in [0.15, 0.2) is 0 Å². The molecular formula is C21H27LiSi.